The summed E-state index contributed by atoms with van der Waals surface area (Å²) in [5, 5.41) is 6.00. The Balaban J connectivity index is 1.97. The molecule has 1 N–H and O–H groups in total. The van der Waals surface area contributed by atoms with Crippen molar-refractivity contribution in [2.75, 3.05) is 19.1 Å². The summed E-state index contributed by atoms with van der Waals surface area (Å²) in [6.07, 6.45) is 1.32. The molecule has 2 aromatic rings. The first-order valence-corrected chi connectivity index (χ1v) is 7.83. The third kappa shape index (κ3) is 4.72. The van der Waals surface area contributed by atoms with Gasteiger partial charge >= 0.3 is 5.97 Å². The Morgan fingerprint density at radius 1 is 1.42 bits per heavy atom. The van der Waals surface area contributed by atoms with Crippen molar-refractivity contribution < 1.29 is 23.0 Å². The van der Waals surface area contributed by atoms with Crippen molar-refractivity contribution in [1.29, 1.82) is 0 Å². The van der Waals surface area contributed by atoms with Crippen LogP contribution in [0.15, 0.2) is 22.6 Å². The number of carbonyl (C=O) groups is 1. The van der Waals surface area contributed by atoms with Crippen molar-refractivity contribution in [2.24, 2.45) is 5.10 Å². The van der Waals surface area contributed by atoms with E-state index in [4.69, 9.17) is 4.74 Å². The highest BCUT2D eigenvalue weighted by Crippen LogP contribution is 2.22. The average molecular weight is 355 g/mol. The summed E-state index contributed by atoms with van der Waals surface area (Å²) in [5.74, 6) is -2.43. The van der Waals surface area contributed by atoms with E-state index in [2.05, 4.69) is 20.2 Å². The Morgan fingerprint density at radius 3 is 2.75 bits per heavy atom. The molecule has 1 aromatic heterocycles. The zero-order chi connectivity index (χ0) is 17.5. The van der Waals surface area contributed by atoms with E-state index in [0.717, 1.165) is 12.1 Å². The Hall–Kier alpha value is -2.55. The van der Waals surface area contributed by atoms with Gasteiger partial charge in [0.2, 0.25) is 5.13 Å². The smallest absolute Gasteiger partial charge is 0.311 e. The van der Waals surface area contributed by atoms with Gasteiger partial charge in [0, 0.05) is 10.9 Å². The standard InChI is InChI=1S/C15H15F2N3O3S/c1-3-23-13(21)6-10-8-24-15(19-10)20-18-7-9-4-11(16)14(22-2)12(17)5-9/h4-5,7-8H,3,6H2,1-2H3,(H,19,20). The van der Waals surface area contributed by atoms with Gasteiger partial charge < -0.3 is 9.47 Å². The topological polar surface area (TPSA) is 72.8 Å². The minimum atomic E-state index is -0.815. The number of rotatable bonds is 7. The van der Waals surface area contributed by atoms with Crippen LogP contribution >= 0.6 is 11.3 Å². The minimum absolute atomic E-state index is 0.0740. The van der Waals surface area contributed by atoms with Gasteiger partial charge in [-0.25, -0.2) is 13.8 Å². The zero-order valence-electron chi connectivity index (χ0n) is 13.0. The molecule has 128 valence electrons. The molecule has 24 heavy (non-hydrogen) atoms. The van der Waals surface area contributed by atoms with Crippen molar-refractivity contribution in [3.8, 4) is 5.75 Å². The highest BCUT2D eigenvalue weighted by atomic mass is 32.1. The molecule has 0 saturated heterocycles. The van der Waals surface area contributed by atoms with Crippen LogP contribution in [-0.2, 0) is 16.0 Å². The van der Waals surface area contributed by atoms with E-state index in [9.17, 15) is 13.6 Å². The van der Waals surface area contributed by atoms with Crippen molar-refractivity contribution >= 4 is 28.7 Å². The van der Waals surface area contributed by atoms with Gasteiger partial charge in [0.1, 0.15) is 0 Å². The molecule has 0 fully saturated rings. The minimum Gasteiger partial charge on any atom is -0.491 e. The molecule has 1 aromatic carbocycles. The number of nitrogens with zero attached hydrogens (tertiary/aromatic N) is 2. The van der Waals surface area contributed by atoms with Gasteiger partial charge in [-0.15, -0.1) is 11.3 Å². The van der Waals surface area contributed by atoms with Gasteiger partial charge in [-0.2, -0.15) is 5.10 Å². The highest BCUT2D eigenvalue weighted by molar-refractivity contribution is 7.13. The summed E-state index contributed by atoms with van der Waals surface area (Å²) in [6, 6.07) is 2.20. The van der Waals surface area contributed by atoms with E-state index in [1.54, 1.807) is 12.3 Å². The summed E-state index contributed by atoms with van der Waals surface area (Å²) < 4.78 is 36.5. The lowest BCUT2D eigenvalue weighted by molar-refractivity contribution is -0.142. The van der Waals surface area contributed by atoms with Crippen LogP contribution in [0.1, 0.15) is 18.2 Å². The van der Waals surface area contributed by atoms with Gasteiger partial charge in [0.05, 0.1) is 32.0 Å². The van der Waals surface area contributed by atoms with Crippen LogP contribution in [0.4, 0.5) is 13.9 Å². The Bertz CT molecular complexity index is 726. The molecule has 0 aliphatic heterocycles. The maximum atomic E-state index is 13.5. The van der Waals surface area contributed by atoms with Crippen LogP contribution in [0.5, 0.6) is 5.75 Å². The molecule has 1 heterocycles. The van der Waals surface area contributed by atoms with E-state index in [1.165, 1.54) is 24.7 Å². The monoisotopic (exact) mass is 355 g/mol. The Labute approximate surface area is 141 Å². The normalized spacial score (nSPS) is 10.8. The van der Waals surface area contributed by atoms with Crippen molar-refractivity contribution in [3.63, 3.8) is 0 Å². The van der Waals surface area contributed by atoms with Crippen LogP contribution in [0.2, 0.25) is 0 Å². The molecule has 2 rings (SSSR count). The third-order valence-electron chi connectivity index (χ3n) is 2.78. The van der Waals surface area contributed by atoms with Gasteiger partial charge in [-0.1, -0.05) is 0 Å². The zero-order valence-corrected chi connectivity index (χ0v) is 13.8. The van der Waals surface area contributed by atoms with Crippen LogP contribution in [0, 0.1) is 11.6 Å². The molecular formula is C15H15F2N3O3S. The summed E-state index contributed by atoms with van der Waals surface area (Å²) in [7, 11) is 1.19. The number of hydrogen-bond donors (Lipinski definition) is 1. The lowest BCUT2D eigenvalue weighted by Crippen LogP contribution is -2.07. The second-order valence-corrected chi connectivity index (χ2v) is 5.37. The number of benzene rings is 1. The molecule has 0 radical (unpaired) electrons. The van der Waals surface area contributed by atoms with Gasteiger partial charge in [-0.3, -0.25) is 10.2 Å². The Morgan fingerprint density at radius 2 is 2.12 bits per heavy atom. The average Bonchev–Trinajstić information content (AvgIpc) is 2.94. The van der Waals surface area contributed by atoms with Crippen molar-refractivity contribution in [1.82, 2.24) is 4.98 Å². The van der Waals surface area contributed by atoms with Gasteiger partial charge in [0.25, 0.3) is 0 Å². The molecule has 6 nitrogen and oxygen atoms in total. The number of thiazole rings is 1. The largest absolute Gasteiger partial charge is 0.491 e. The van der Waals surface area contributed by atoms with E-state index in [1.807, 2.05) is 0 Å². The fourth-order valence-electron chi connectivity index (χ4n) is 1.81. The predicted molar refractivity (Wildman–Crippen MR) is 86.6 cm³/mol. The number of carbonyl (C=O) groups excluding carboxylic acids is 1. The molecule has 0 atom stereocenters. The number of methoxy groups -OCH3 is 1. The molecule has 0 aliphatic carbocycles. The molecule has 0 bridgehead atoms. The van der Waals surface area contributed by atoms with Gasteiger partial charge in [-0.05, 0) is 19.1 Å². The molecule has 0 saturated carbocycles. The third-order valence-corrected chi connectivity index (χ3v) is 3.58. The lowest BCUT2D eigenvalue weighted by atomic mass is 10.2. The molecule has 0 spiro atoms. The van der Waals surface area contributed by atoms with Gasteiger partial charge in [0.15, 0.2) is 17.4 Å². The SMILES string of the molecule is CCOC(=O)Cc1csc(NN=Cc2cc(F)c(OC)c(F)c2)n1. The molecule has 0 aliphatic rings. The van der Waals surface area contributed by atoms with E-state index in [0.29, 0.717) is 17.4 Å². The number of halogens is 2. The van der Waals surface area contributed by atoms with Crippen LogP contribution < -0.4 is 10.2 Å². The van der Waals surface area contributed by atoms with Crippen LogP contribution in [0.25, 0.3) is 0 Å². The van der Waals surface area contributed by atoms with Crippen molar-refractivity contribution in [3.05, 3.63) is 40.4 Å². The number of anilines is 1. The first-order valence-electron chi connectivity index (χ1n) is 6.95. The molecule has 0 unspecified atom stereocenters. The lowest BCUT2D eigenvalue weighted by Gasteiger charge is -2.03. The second kappa shape index (κ2) is 8.34. The summed E-state index contributed by atoms with van der Waals surface area (Å²) in [4.78, 5) is 15.5. The quantitative estimate of drug-likeness (QED) is 0.470. The fourth-order valence-corrected chi connectivity index (χ4v) is 2.47. The number of hydrazone groups is 1. The van der Waals surface area contributed by atoms with Crippen LogP contribution in [0.3, 0.4) is 0 Å². The first-order chi connectivity index (χ1) is 11.5. The van der Waals surface area contributed by atoms with Crippen LogP contribution in [-0.4, -0.2) is 30.9 Å². The molecule has 9 heteroatoms. The van der Waals surface area contributed by atoms with E-state index < -0.39 is 17.4 Å². The number of nitrogens with one attached hydrogen (secondary N) is 1. The second-order valence-electron chi connectivity index (χ2n) is 4.51. The highest BCUT2D eigenvalue weighted by Gasteiger charge is 2.11. The number of esters is 1. The summed E-state index contributed by atoms with van der Waals surface area (Å²) in [6.45, 7) is 2.04. The maximum absolute atomic E-state index is 13.5. The maximum Gasteiger partial charge on any atom is 0.311 e. The predicted octanol–water partition coefficient (Wildman–Crippen LogP) is 2.98. The summed E-state index contributed by atoms with van der Waals surface area (Å²) >= 11 is 1.25. The van der Waals surface area contributed by atoms with E-state index in [-0.39, 0.29) is 18.0 Å². The van der Waals surface area contributed by atoms with Crippen molar-refractivity contribution in [2.45, 2.75) is 13.3 Å². The number of aromatic nitrogens is 1. The Kier molecular flexibility index (Phi) is 6.19. The summed E-state index contributed by atoms with van der Waals surface area (Å²) in [5.41, 5.74) is 3.41. The number of ether oxygens (including phenoxy) is 2. The van der Waals surface area contributed by atoms with E-state index >= 15 is 0 Å². The fraction of sp³-hybridized carbons (Fsp3) is 0.267. The molecule has 0 amide bonds. The number of hydrogen-bond acceptors (Lipinski definition) is 7. The first kappa shape index (κ1) is 17.8. The molecular weight excluding hydrogens is 340 g/mol.